The molecule has 0 spiro atoms. The molecule has 0 amide bonds. The number of aromatic nitrogens is 2. The molecule has 1 saturated carbocycles. The van der Waals surface area contributed by atoms with Gasteiger partial charge in [-0.1, -0.05) is 0 Å². The molecule has 0 atom stereocenters. The van der Waals surface area contributed by atoms with Gasteiger partial charge in [-0.25, -0.2) is 9.66 Å². The van der Waals surface area contributed by atoms with Gasteiger partial charge >= 0.3 is 0 Å². The van der Waals surface area contributed by atoms with Gasteiger partial charge in [-0.3, -0.25) is 0 Å². The van der Waals surface area contributed by atoms with E-state index in [1.807, 2.05) is 0 Å². The monoisotopic (exact) mass is 138 g/mol. The molecule has 1 heterocycles. The smallest absolute Gasteiger partial charge is 0.145 e. The fourth-order valence-corrected chi connectivity index (χ4v) is 1.06. The van der Waals surface area contributed by atoms with Crippen molar-refractivity contribution in [3.8, 4) is 0 Å². The molecule has 10 heavy (non-hydrogen) atoms. The van der Waals surface area contributed by atoms with Crippen LogP contribution in [0.3, 0.4) is 0 Å². The number of nitrogen functional groups attached to an aromatic ring is 2. The zero-order chi connectivity index (χ0) is 7.14. The first-order valence-electron chi connectivity index (χ1n) is 3.37. The highest BCUT2D eigenvalue weighted by molar-refractivity contribution is 5.40. The zero-order valence-electron chi connectivity index (χ0n) is 5.62. The van der Waals surface area contributed by atoms with Crippen molar-refractivity contribution in [1.29, 1.82) is 0 Å². The van der Waals surface area contributed by atoms with E-state index in [2.05, 4.69) is 4.98 Å². The van der Waals surface area contributed by atoms with E-state index in [9.17, 15) is 0 Å². The minimum atomic E-state index is 0.588. The van der Waals surface area contributed by atoms with E-state index in [-0.39, 0.29) is 0 Å². The lowest BCUT2D eigenvalue weighted by Crippen LogP contribution is -2.10. The van der Waals surface area contributed by atoms with Gasteiger partial charge in [0, 0.05) is 5.92 Å². The highest BCUT2D eigenvalue weighted by atomic mass is 15.3. The van der Waals surface area contributed by atoms with Crippen LogP contribution in [0.4, 0.5) is 5.82 Å². The second-order valence-corrected chi connectivity index (χ2v) is 2.70. The topological polar surface area (TPSA) is 69.9 Å². The highest BCUT2D eigenvalue weighted by Gasteiger charge is 2.28. The number of nitrogens with zero attached hydrogens (tertiary/aromatic N) is 2. The molecule has 1 aliphatic rings. The Morgan fingerprint density at radius 1 is 1.60 bits per heavy atom. The normalized spacial score (nSPS) is 17.6. The number of rotatable bonds is 1. The summed E-state index contributed by atoms with van der Waals surface area (Å²) < 4.78 is 1.37. The average Bonchev–Trinajstić information content (AvgIpc) is 2.67. The van der Waals surface area contributed by atoms with Crippen molar-refractivity contribution in [1.82, 2.24) is 9.66 Å². The third kappa shape index (κ3) is 0.650. The van der Waals surface area contributed by atoms with E-state index in [0.717, 1.165) is 5.69 Å². The lowest BCUT2D eigenvalue weighted by molar-refractivity contribution is 1.01. The highest BCUT2D eigenvalue weighted by Crippen LogP contribution is 2.41. The van der Waals surface area contributed by atoms with Crippen LogP contribution in [0.2, 0.25) is 0 Å². The Hall–Kier alpha value is -1.19. The second-order valence-electron chi connectivity index (χ2n) is 2.70. The molecule has 2 rings (SSSR count). The SMILES string of the molecule is Nc1c(C2CC2)ncn1N. The number of anilines is 1. The molecule has 4 nitrogen and oxygen atoms in total. The summed E-state index contributed by atoms with van der Waals surface area (Å²) >= 11 is 0. The molecule has 0 radical (unpaired) electrons. The molecule has 1 aromatic rings. The molecule has 54 valence electrons. The van der Waals surface area contributed by atoms with Gasteiger partial charge in [0.1, 0.15) is 12.1 Å². The third-order valence-corrected chi connectivity index (χ3v) is 1.83. The van der Waals surface area contributed by atoms with Crippen molar-refractivity contribution < 1.29 is 0 Å². The van der Waals surface area contributed by atoms with Crippen molar-refractivity contribution in [2.75, 3.05) is 11.6 Å². The maximum absolute atomic E-state index is 5.62. The zero-order valence-corrected chi connectivity index (χ0v) is 5.62. The lowest BCUT2D eigenvalue weighted by atomic mass is 10.3. The fourth-order valence-electron chi connectivity index (χ4n) is 1.06. The first kappa shape index (κ1) is 5.58. The first-order chi connectivity index (χ1) is 4.79. The van der Waals surface area contributed by atoms with Crippen LogP contribution in [0.1, 0.15) is 24.5 Å². The van der Waals surface area contributed by atoms with E-state index >= 15 is 0 Å². The van der Waals surface area contributed by atoms with Crippen molar-refractivity contribution in [2.24, 2.45) is 0 Å². The number of hydrogen-bond acceptors (Lipinski definition) is 3. The predicted molar refractivity (Wildman–Crippen MR) is 38.8 cm³/mol. The predicted octanol–water partition coefficient (Wildman–Crippen LogP) is 0.0565. The number of hydrogen-bond donors (Lipinski definition) is 2. The molecule has 0 aromatic carbocycles. The Kier molecular flexibility index (Phi) is 0.922. The van der Waals surface area contributed by atoms with Gasteiger partial charge in [-0.2, -0.15) is 0 Å². The average molecular weight is 138 g/mol. The number of imidazole rings is 1. The van der Waals surface area contributed by atoms with E-state index in [4.69, 9.17) is 11.6 Å². The molecule has 0 bridgehead atoms. The van der Waals surface area contributed by atoms with E-state index in [0.29, 0.717) is 11.7 Å². The molecular weight excluding hydrogens is 128 g/mol. The quantitative estimate of drug-likeness (QED) is 0.539. The largest absolute Gasteiger partial charge is 0.382 e. The van der Waals surface area contributed by atoms with Crippen LogP contribution in [-0.4, -0.2) is 9.66 Å². The summed E-state index contributed by atoms with van der Waals surface area (Å²) in [6, 6.07) is 0. The van der Waals surface area contributed by atoms with Gasteiger partial charge in [-0.05, 0) is 12.8 Å². The summed E-state index contributed by atoms with van der Waals surface area (Å²) in [4.78, 5) is 4.09. The minimum absolute atomic E-state index is 0.588. The van der Waals surface area contributed by atoms with Crippen LogP contribution in [0.15, 0.2) is 6.33 Å². The van der Waals surface area contributed by atoms with Crippen molar-refractivity contribution in [3.05, 3.63) is 12.0 Å². The van der Waals surface area contributed by atoms with Crippen LogP contribution in [0.25, 0.3) is 0 Å². The van der Waals surface area contributed by atoms with Crippen molar-refractivity contribution in [3.63, 3.8) is 0 Å². The molecule has 1 aromatic heterocycles. The Balaban J connectivity index is 2.40. The van der Waals surface area contributed by atoms with E-state index in [1.165, 1.54) is 17.5 Å². The molecule has 1 aliphatic carbocycles. The molecule has 4 N–H and O–H groups in total. The molecule has 0 saturated heterocycles. The standard InChI is InChI=1S/C6H10N4/c7-6-5(4-1-2-4)9-3-10(6)8/h3-4H,1-2,7-8H2. The summed E-state index contributed by atoms with van der Waals surface area (Å²) in [5.41, 5.74) is 6.59. The van der Waals surface area contributed by atoms with Crippen LogP contribution in [0.5, 0.6) is 0 Å². The molecule has 1 fully saturated rings. The Morgan fingerprint density at radius 3 is 2.70 bits per heavy atom. The third-order valence-electron chi connectivity index (χ3n) is 1.83. The molecular formula is C6H10N4. The summed E-state index contributed by atoms with van der Waals surface area (Å²) in [6.45, 7) is 0. The second kappa shape index (κ2) is 1.65. The van der Waals surface area contributed by atoms with Crippen LogP contribution in [-0.2, 0) is 0 Å². The van der Waals surface area contributed by atoms with Crippen LogP contribution >= 0.6 is 0 Å². The van der Waals surface area contributed by atoms with Crippen molar-refractivity contribution >= 4 is 5.82 Å². The fraction of sp³-hybridized carbons (Fsp3) is 0.500. The van der Waals surface area contributed by atoms with Crippen LogP contribution < -0.4 is 11.6 Å². The maximum Gasteiger partial charge on any atom is 0.145 e. The Bertz CT molecular complexity index is 248. The molecule has 4 heteroatoms. The first-order valence-corrected chi connectivity index (χ1v) is 3.37. The number of nitrogens with two attached hydrogens (primary N) is 2. The summed E-state index contributed by atoms with van der Waals surface area (Å²) in [6.07, 6.45) is 3.98. The Labute approximate surface area is 58.8 Å². The van der Waals surface area contributed by atoms with Crippen molar-refractivity contribution in [2.45, 2.75) is 18.8 Å². The summed E-state index contributed by atoms with van der Waals surface area (Å²) in [7, 11) is 0. The van der Waals surface area contributed by atoms with Gasteiger partial charge in [0.2, 0.25) is 0 Å². The summed E-state index contributed by atoms with van der Waals surface area (Å²) in [5.74, 6) is 6.64. The maximum atomic E-state index is 5.62. The summed E-state index contributed by atoms with van der Waals surface area (Å²) in [5, 5.41) is 0. The van der Waals surface area contributed by atoms with Gasteiger partial charge in [0.25, 0.3) is 0 Å². The minimum Gasteiger partial charge on any atom is -0.382 e. The lowest BCUT2D eigenvalue weighted by Gasteiger charge is -1.95. The van der Waals surface area contributed by atoms with E-state index in [1.54, 1.807) is 6.33 Å². The van der Waals surface area contributed by atoms with Gasteiger partial charge in [0.15, 0.2) is 0 Å². The van der Waals surface area contributed by atoms with Crippen LogP contribution in [0, 0.1) is 0 Å². The van der Waals surface area contributed by atoms with Gasteiger partial charge < -0.3 is 11.6 Å². The van der Waals surface area contributed by atoms with E-state index < -0.39 is 0 Å². The molecule has 0 unspecified atom stereocenters. The Morgan fingerprint density at radius 2 is 2.30 bits per heavy atom. The molecule has 0 aliphatic heterocycles. The van der Waals surface area contributed by atoms with Gasteiger partial charge in [0.05, 0.1) is 5.69 Å². The van der Waals surface area contributed by atoms with Gasteiger partial charge in [-0.15, -0.1) is 0 Å².